The first kappa shape index (κ1) is 22.4. The predicted molar refractivity (Wildman–Crippen MR) is 113 cm³/mol. The normalized spacial score (nSPS) is 10.3. The molecule has 3 aromatic rings. The van der Waals surface area contributed by atoms with E-state index in [0.29, 0.717) is 44.3 Å². The Morgan fingerprint density at radius 3 is 1.31 bits per heavy atom. The molecule has 3 aromatic carbocycles. The smallest absolute Gasteiger partial charge is 0.338 e. The second kappa shape index (κ2) is 10.2. The van der Waals surface area contributed by atoms with Gasteiger partial charge in [-0.05, 0) is 47.5 Å². The monoisotopic (exact) mass is 438 g/mol. The van der Waals surface area contributed by atoms with Crippen LogP contribution in [0.2, 0.25) is 0 Å². The van der Waals surface area contributed by atoms with Crippen LogP contribution < -0.4 is 20.9 Å². The highest BCUT2D eigenvalue weighted by atomic mass is 16.5. The number of nitrogens with zero attached hydrogens (tertiary/aromatic N) is 2. The van der Waals surface area contributed by atoms with Gasteiger partial charge in [0, 0.05) is 0 Å². The molecule has 0 unspecified atom stereocenters. The van der Waals surface area contributed by atoms with E-state index in [9.17, 15) is 20.0 Å². The molecule has 0 spiro atoms. The Balaban J connectivity index is 1.67. The minimum absolute atomic E-state index is 0.0429. The molecule has 10 nitrogen and oxygen atoms in total. The van der Waals surface area contributed by atoms with Gasteiger partial charge >= 0.3 is 12.1 Å². The molecule has 166 valence electrons. The van der Waals surface area contributed by atoms with Gasteiger partial charge in [-0.25, -0.2) is 19.7 Å². The molecule has 0 atom stereocenters. The van der Waals surface area contributed by atoms with Crippen molar-refractivity contribution in [3.05, 3.63) is 83.9 Å². The summed E-state index contributed by atoms with van der Waals surface area (Å²) in [4.78, 5) is 21.8. The predicted octanol–water partition coefficient (Wildman–Crippen LogP) is 3.81. The molecule has 0 aromatic heterocycles. The minimum Gasteiger partial charge on any atom is -0.453 e. The number of hydrogen-bond acceptors (Lipinski definition) is 6. The number of para-hydroxylation sites is 2. The lowest BCUT2D eigenvalue weighted by atomic mass is 10.2. The third-order valence-electron chi connectivity index (χ3n) is 4.32. The zero-order valence-corrected chi connectivity index (χ0v) is 16.9. The van der Waals surface area contributed by atoms with Crippen molar-refractivity contribution in [3.8, 4) is 23.0 Å². The zero-order valence-electron chi connectivity index (χ0n) is 16.9. The summed E-state index contributed by atoms with van der Waals surface area (Å²) >= 11 is 0. The molecule has 10 heteroatoms. The summed E-state index contributed by atoms with van der Waals surface area (Å²) in [7, 11) is 0. The quantitative estimate of drug-likeness (QED) is 0.310. The largest absolute Gasteiger partial charge is 0.453 e. The summed E-state index contributed by atoms with van der Waals surface area (Å²) < 4.78 is 11.8. The summed E-state index contributed by atoms with van der Waals surface area (Å²) in [5.74, 6) is 2.00. The van der Waals surface area contributed by atoms with Gasteiger partial charge in [-0.3, -0.25) is 10.4 Å². The van der Waals surface area contributed by atoms with Gasteiger partial charge in [0.2, 0.25) is 0 Å². The lowest BCUT2D eigenvalue weighted by Gasteiger charge is -2.14. The average molecular weight is 438 g/mol. The maximum absolute atomic E-state index is 10.9. The first-order chi connectivity index (χ1) is 15.3. The van der Waals surface area contributed by atoms with Gasteiger partial charge < -0.3 is 20.9 Å². The number of primary amides is 2. The standard InChI is InChI=1S/C22H22N4O6/c23-21(27)25(29)13-15-5-9-17(10-6-15)31-19-3-1-2-4-20(19)32-18-11-7-16(8-12-18)14-26(30)22(24)28/h1-12,29-30H,13-14H2,(H2,23,27)(H2,24,28). The summed E-state index contributed by atoms with van der Waals surface area (Å²) in [6.07, 6.45) is 0. The molecule has 4 amide bonds. The van der Waals surface area contributed by atoms with Crippen LogP contribution >= 0.6 is 0 Å². The number of hydroxylamine groups is 4. The van der Waals surface area contributed by atoms with Gasteiger partial charge in [0.15, 0.2) is 11.5 Å². The average Bonchev–Trinajstić information content (AvgIpc) is 2.77. The number of rotatable bonds is 8. The molecule has 0 heterocycles. The first-order valence-corrected chi connectivity index (χ1v) is 9.46. The number of benzene rings is 3. The van der Waals surface area contributed by atoms with Crippen LogP contribution in [-0.4, -0.2) is 32.6 Å². The van der Waals surface area contributed by atoms with Gasteiger partial charge in [0.05, 0.1) is 13.1 Å². The second-order valence-corrected chi connectivity index (χ2v) is 6.73. The summed E-state index contributed by atoms with van der Waals surface area (Å²) in [5.41, 5.74) is 11.3. The number of carbonyl (C=O) groups is 2. The van der Waals surface area contributed by atoms with Gasteiger partial charge in [-0.15, -0.1) is 0 Å². The van der Waals surface area contributed by atoms with Gasteiger partial charge in [0.1, 0.15) is 11.5 Å². The van der Waals surface area contributed by atoms with E-state index in [1.54, 1.807) is 72.8 Å². The van der Waals surface area contributed by atoms with Gasteiger partial charge in [-0.1, -0.05) is 36.4 Å². The SMILES string of the molecule is NC(=O)N(O)Cc1ccc(Oc2ccccc2Oc2ccc(CN(O)C(N)=O)cc2)cc1. The van der Waals surface area contributed by atoms with Gasteiger partial charge in [0.25, 0.3) is 0 Å². The van der Waals surface area contributed by atoms with E-state index in [1.807, 2.05) is 0 Å². The molecular formula is C22H22N4O6. The van der Waals surface area contributed by atoms with Crippen LogP contribution in [0, 0.1) is 0 Å². The van der Waals surface area contributed by atoms with Crippen molar-refractivity contribution in [1.82, 2.24) is 10.1 Å². The van der Waals surface area contributed by atoms with Crippen molar-refractivity contribution < 1.29 is 29.5 Å². The Hall–Kier alpha value is -4.28. The van der Waals surface area contributed by atoms with E-state index in [1.165, 1.54) is 0 Å². The zero-order chi connectivity index (χ0) is 23.1. The molecule has 6 N–H and O–H groups in total. The van der Waals surface area contributed by atoms with Gasteiger partial charge in [-0.2, -0.15) is 0 Å². The molecule has 0 aliphatic carbocycles. The van der Waals surface area contributed by atoms with Crippen LogP contribution in [0.3, 0.4) is 0 Å². The Kier molecular flexibility index (Phi) is 7.11. The molecule has 0 aliphatic heterocycles. The first-order valence-electron chi connectivity index (χ1n) is 9.46. The molecule has 0 radical (unpaired) electrons. The summed E-state index contributed by atoms with van der Waals surface area (Å²) in [6.45, 7) is -0.0857. The highest BCUT2D eigenvalue weighted by Gasteiger charge is 2.10. The minimum atomic E-state index is -0.939. The third kappa shape index (κ3) is 6.11. The van der Waals surface area contributed by atoms with E-state index < -0.39 is 12.1 Å². The van der Waals surface area contributed by atoms with E-state index in [-0.39, 0.29) is 13.1 Å². The molecule has 0 fully saturated rings. The lowest BCUT2D eigenvalue weighted by Crippen LogP contribution is -2.31. The van der Waals surface area contributed by atoms with Crippen LogP contribution in [0.15, 0.2) is 72.8 Å². The van der Waals surface area contributed by atoms with Crippen LogP contribution in [-0.2, 0) is 13.1 Å². The van der Waals surface area contributed by atoms with Crippen LogP contribution in [0.5, 0.6) is 23.0 Å². The van der Waals surface area contributed by atoms with Crippen LogP contribution in [0.25, 0.3) is 0 Å². The Bertz CT molecular complexity index is 986. The molecule has 3 rings (SSSR count). The van der Waals surface area contributed by atoms with Crippen molar-refractivity contribution in [3.63, 3.8) is 0 Å². The number of amides is 4. The number of urea groups is 2. The highest BCUT2D eigenvalue weighted by molar-refractivity contribution is 5.70. The fourth-order valence-electron chi connectivity index (χ4n) is 2.70. The van der Waals surface area contributed by atoms with Crippen molar-refractivity contribution >= 4 is 12.1 Å². The fourth-order valence-corrected chi connectivity index (χ4v) is 2.70. The van der Waals surface area contributed by atoms with E-state index in [2.05, 4.69) is 0 Å². The number of ether oxygens (including phenoxy) is 2. The molecule has 32 heavy (non-hydrogen) atoms. The molecule has 0 aliphatic rings. The lowest BCUT2D eigenvalue weighted by molar-refractivity contribution is -0.0470. The van der Waals surface area contributed by atoms with Crippen LogP contribution in [0.4, 0.5) is 9.59 Å². The number of hydrogen-bond donors (Lipinski definition) is 4. The topological polar surface area (TPSA) is 152 Å². The Morgan fingerprint density at radius 2 is 1.00 bits per heavy atom. The highest BCUT2D eigenvalue weighted by Crippen LogP contribution is 2.34. The Labute approximate surface area is 183 Å². The maximum atomic E-state index is 10.9. The molecule has 0 saturated carbocycles. The van der Waals surface area contributed by atoms with E-state index in [0.717, 1.165) is 0 Å². The van der Waals surface area contributed by atoms with Crippen molar-refractivity contribution in [1.29, 1.82) is 0 Å². The fraction of sp³-hybridized carbons (Fsp3) is 0.0909. The maximum Gasteiger partial charge on any atom is 0.338 e. The van der Waals surface area contributed by atoms with Crippen molar-refractivity contribution in [2.24, 2.45) is 11.5 Å². The van der Waals surface area contributed by atoms with Crippen molar-refractivity contribution in [2.75, 3.05) is 0 Å². The second-order valence-electron chi connectivity index (χ2n) is 6.73. The Morgan fingerprint density at radius 1 is 0.656 bits per heavy atom. The molecular weight excluding hydrogens is 416 g/mol. The van der Waals surface area contributed by atoms with E-state index >= 15 is 0 Å². The summed E-state index contributed by atoms with van der Waals surface area (Å²) in [5, 5.41) is 19.7. The van der Waals surface area contributed by atoms with E-state index in [4.69, 9.17) is 20.9 Å². The summed E-state index contributed by atoms with van der Waals surface area (Å²) in [6, 6.07) is 18.8. The van der Waals surface area contributed by atoms with Crippen molar-refractivity contribution in [2.45, 2.75) is 13.1 Å². The van der Waals surface area contributed by atoms with Crippen LogP contribution in [0.1, 0.15) is 11.1 Å². The number of nitrogens with two attached hydrogens (primary N) is 2. The number of carbonyl (C=O) groups excluding carboxylic acids is 2. The molecule has 0 saturated heterocycles. The molecule has 0 bridgehead atoms. The third-order valence-corrected chi connectivity index (χ3v) is 4.32.